The summed E-state index contributed by atoms with van der Waals surface area (Å²) in [6.45, 7) is 4.15. The van der Waals surface area contributed by atoms with Gasteiger partial charge in [0.1, 0.15) is 11.6 Å². The van der Waals surface area contributed by atoms with Gasteiger partial charge in [-0.25, -0.2) is 9.37 Å². The maximum atomic E-state index is 14.4. The summed E-state index contributed by atoms with van der Waals surface area (Å²) >= 11 is 3.43. The van der Waals surface area contributed by atoms with Crippen molar-refractivity contribution in [1.82, 2.24) is 14.5 Å². The molecule has 0 bridgehead atoms. The Morgan fingerprint density at radius 2 is 1.73 bits per heavy atom. The number of fused-ring (bicyclic) bond motifs is 1. The molecular formula is C26H23BrFN3O2. The second-order valence-electron chi connectivity index (χ2n) is 7.76. The van der Waals surface area contributed by atoms with E-state index < -0.39 is 17.8 Å². The fraction of sp³-hybridized carbons (Fsp3) is 0.192. The molecule has 0 spiro atoms. The Balaban J connectivity index is 1.92. The number of carbonyl (C=O) groups is 1. The van der Waals surface area contributed by atoms with Gasteiger partial charge in [-0.2, -0.15) is 0 Å². The van der Waals surface area contributed by atoms with Crippen molar-refractivity contribution < 1.29 is 9.18 Å². The van der Waals surface area contributed by atoms with Gasteiger partial charge in [0, 0.05) is 11.0 Å². The summed E-state index contributed by atoms with van der Waals surface area (Å²) in [6, 6.07) is 19.8. The Kier molecular flexibility index (Phi) is 6.70. The number of para-hydroxylation sites is 1. The minimum Gasteiger partial charge on any atom is -0.329 e. The first-order valence-corrected chi connectivity index (χ1v) is 11.5. The molecule has 7 heteroatoms. The number of halogens is 2. The summed E-state index contributed by atoms with van der Waals surface area (Å²) in [7, 11) is 0. The van der Waals surface area contributed by atoms with Gasteiger partial charge in [0.15, 0.2) is 0 Å². The van der Waals surface area contributed by atoms with Crippen molar-refractivity contribution in [3.05, 3.63) is 105 Å². The quantitative estimate of drug-likeness (QED) is 0.326. The van der Waals surface area contributed by atoms with Crippen molar-refractivity contribution in [2.24, 2.45) is 0 Å². The Morgan fingerprint density at radius 1 is 1.06 bits per heavy atom. The first-order valence-electron chi connectivity index (χ1n) is 10.8. The number of benzene rings is 3. The number of nitrogens with zero attached hydrogens (tertiary/aromatic N) is 3. The van der Waals surface area contributed by atoms with Gasteiger partial charge in [0.25, 0.3) is 11.5 Å². The van der Waals surface area contributed by atoms with Crippen LogP contribution in [0, 0.1) is 5.82 Å². The normalized spacial score (nSPS) is 12.0. The topological polar surface area (TPSA) is 55.2 Å². The highest BCUT2D eigenvalue weighted by Crippen LogP contribution is 2.26. The van der Waals surface area contributed by atoms with E-state index in [1.165, 1.54) is 16.7 Å². The molecule has 4 aromatic rings. The molecule has 0 aliphatic carbocycles. The molecule has 3 aromatic carbocycles. The third-order valence-corrected chi connectivity index (χ3v) is 6.09. The lowest BCUT2D eigenvalue weighted by atomic mass is 10.1. The maximum absolute atomic E-state index is 14.4. The van der Waals surface area contributed by atoms with E-state index in [-0.39, 0.29) is 11.1 Å². The van der Waals surface area contributed by atoms with Crippen LogP contribution in [0.5, 0.6) is 0 Å². The summed E-state index contributed by atoms with van der Waals surface area (Å²) < 4.78 is 16.9. The van der Waals surface area contributed by atoms with Crippen LogP contribution in [0.25, 0.3) is 16.6 Å². The van der Waals surface area contributed by atoms with E-state index >= 15 is 0 Å². The molecule has 5 nitrogen and oxygen atoms in total. The standard InChI is InChI=1S/C26H23BrFN3O2/c1-3-16-30(25(32)20-8-4-6-10-22(20)28)17(2)24-29-23-11-7-5-9-21(23)26(33)31(24)19-14-12-18(27)13-15-19/h4-15,17H,3,16H2,1-2H3. The zero-order valence-electron chi connectivity index (χ0n) is 18.3. The largest absolute Gasteiger partial charge is 0.329 e. The van der Waals surface area contributed by atoms with Gasteiger partial charge in [0.05, 0.1) is 28.2 Å². The second-order valence-corrected chi connectivity index (χ2v) is 8.67. The molecule has 0 N–H and O–H groups in total. The Labute approximate surface area is 199 Å². The maximum Gasteiger partial charge on any atom is 0.266 e. The van der Waals surface area contributed by atoms with Crippen LogP contribution in [0.3, 0.4) is 0 Å². The lowest BCUT2D eigenvalue weighted by Gasteiger charge is -2.30. The third kappa shape index (κ3) is 4.46. The van der Waals surface area contributed by atoms with Gasteiger partial charge >= 0.3 is 0 Å². The van der Waals surface area contributed by atoms with E-state index in [0.29, 0.717) is 35.4 Å². The molecule has 0 aliphatic heterocycles. The number of rotatable bonds is 6. The van der Waals surface area contributed by atoms with Gasteiger partial charge < -0.3 is 4.90 Å². The molecule has 4 rings (SSSR count). The van der Waals surface area contributed by atoms with E-state index in [9.17, 15) is 14.0 Å². The molecule has 1 amide bonds. The molecule has 0 fully saturated rings. The fourth-order valence-corrected chi connectivity index (χ4v) is 4.17. The molecule has 0 saturated heterocycles. The summed E-state index contributed by atoms with van der Waals surface area (Å²) in [5.41, 5.74) is 0.960. The molecule has 0 radical (unpaired) electrons. The van der Waals surface area contributed by atoms with Crippen LogP contribution in [-0.4, -0.2) is 26.9 Å². The predicted molar refractivity (Wildman–Crippen MR) is 131 cm³/mol. The van der Waals surface area contributed by atoms with E-state index in [1.54, 1.807) is 35.2 Å². The lowest BCUT2D eigenvalue weighted by molar-refractivity contribution is 0.0676. The second kappa shape index (κ2) is 9.67. The summed E-state index contributed by atoms with van der Waals surface area (Å²) in [6.07, 6.45) is 0.667. The summed E-state index contributed by atoms with van der Waals surface area (Å²) in [5, 5.41) is 0.485. The van der Waals surface area contributed by atoms with Crippen LogP contribution in [0.2, 0.25) is 0 Å². The number of carbonyl (C=O) groups excluding carboxylic acids is 1. The average Bonchev–Trinajstić information content (AvgIpc) is 2.83. The third-order valence-electron chi connectivity index (χ3n) is 5.56. The van der Waals surface area contributed by atoms with Gasteiger partial charge in [-0.1, -0.05) is 47.1 Å². The van der Waals surface area contributed by atoms with Gasteiger partial charge in [0.2, 0.25) is 0 Å². The minimum atomic E-state index is -0.585. The van der Waals surface area contributed by atoms with Crippen LogP contribution >= 0.6 is 15.9 Å². The van der Waals surface area contributed by atoms with Crippen molar-refractivity contribution in [3.63, 3.8) is 0 Å². The Bertz CT molecular complexity index is 1370. The van der Waals surface area contributed by atoms with Gasteiger partial charge in [-0.05, 0) is 61.9 Å². The number of hydrogen-bond acceptors (Lipinski definition) is 3. The molecule has 0 aliphatic rings. The van der Waals surface area contributed by atoms with Gasteiger partial charge in [-0.15, -0.1) is 0 Å². The molecule has 1 unspecified atom stereocenters. The van der Waals surface area contributed by atoms with E-state index in [0.717, 1.165) is 4.47 Å². The van der Waals surface area contributed by atoms with Crippen molar-refractivity contribution in [2.45, 2.75) is 26.3 Å². The smallest absolute Gasteiger partial charge is 0.266 e. The summed E-state index contributed by atoms with van der Waals surface area (Å²) in [4.78, 5) is 33.3. The van der Waals surface area contributed by atoms with Crippen LogP contribution in [0.15, 0.2) is 82.1 Å². The van der Waals surface area contributed by atoms with E-state index in [4.69, 9.17) is 4.98 Å². The first kappa shape index (κ1) is 22.9. The predicted octanol–water partition coefficient (Wildman–Crippen LogP) is 5.90. The molecule has 168 valence electrons. The van der Waals surface area contributed by atoms with E-state index in [1.807, 2.05) is 44.2 Å². The Morgan fingerprint density at radius 3 is 2.42 bits per heavy atom. The highest BCUT2D eigenvalue weighted by molar-refractivity contribution is 9.10. The SMILES string of the molecule is CCCN(C(=O)c1ccccc1F)C(C)c1nc2ccccc2c(=O)n1-c1ccc(Br)cc1. The van der Waals surface area contributed by atoms with Crippen molar-refractivity contribution in [3.8, 4) is 5.69 Å². The van der Waals surface area contributed by atoms with E-state index in [2.05, 4.69) is 15.9 Å². The first-order chi connectivity index (χ1) is 15.9. The van der Waals surface area contributed by atoms with Crippen molar-refractivity contribution in [1.29, 1.82) is 0 Å². The average molecular weight is 508 g/mol. The highest BCUT2D eigenvalue weighted by Gasteiger charge is 2.28. The molecule has 33 heavy (non-hydrogen) atoms. The van der Waals surface area contributed by atoms with Crippen LogP contribution < -0.4 is 5.56 Å². The highest BCUT2D eigenvalue weighted by atomic mass is 79.9. The zero-order valence-corrected chi connectivity index (χ0v) is 19.9. The molecule has 1 atom stereocenters. The number of aromatic nitrogens is 2. The van der Waals surface area contributed by atoms with Crippen LogP contribution in [0.4, 0.5) is 4.39 Å². The monoisotopic (exact) mass is 507 g/mol. The number of hydrogen-bond donors (Lipinski definition) is 0. The molecule has 1 heterocycles. The van der Waals surface area contributed by atoms with Gasteiger partial charge in [-0.3, -0.25) is 14.2 Å². The Hall–Kier alpha value is -3.32. The van der Waals surface area contributed by atoms with Crippen LogP contribution in [-0.2, 0) is 0 Å². The molecule has 0 saturated carbocycles. The minimum absolute atomic E-state index is 0.00359. The van der Waals surface area contributed by atoms with Crippen molar-refractivity contribution in [2.75, 3.05) is 6.54 Å². The lowest BCUT2D eigenvalue weighted by Crippen LogP contribution is -2.38. The summed E-state index contributed by atoms with van der Waals surface area (Å²) in [5.74, 6) is -0.598. The van der Waals surface area contributed by atoms with Crippen molar-refractivity contribution >= 4 is 32.7 Å². The fourth-order valence-electron chi connectivity index (χ4n) is 3.91. The molecule has 1 aromatic heterocycles. The zero-order chi connectivity index (χ0) is 23.5. The number of amides is 1. The van der Waals surface area contributed by atoms with Crippen LogP contribution in [0.1, 0.15) is 42.5 Å². The molecular weight excluding hydrogens is 485 g/mol.